The molecular formula is C9H12O3S. The Balaban J connectivity index is 2.99. The van der Waals surface area contributed by atoms with Crippen LogP contribution in [0.4, 0.5) is 0 Å². The zero-order chi connectivity index (χ0) is 10.1. The summed E-state index contributed by atoms with van der Waals surface area (Å²) in [6.07, 6.45) is 1.03. The van der Waals surface area contributed by atoms with Gasteiger partial charge in [-0.2, -0.15) is 8.42 Å². The Kier molecular flexibility index (Phi) is 2.61. The number of benzene rings is 1. The largest absolute Gasteiger partial charge is 0.383 e. The molecule has 0 N–H and O–H groups in total. The minimum absolute atomic E-state index is 0.366. The van der Waals surface area contributed by atoms with Crippen molar-refractivity contribution in [1.82, 2.24) is 0 Å². The molecule has 1 aromatic carbocycles. The second-order valence-electron chi connectivity index (χ2n) is 3.03. The summed E-state index contributed by atoms with van der Waals surface area (Å²) in [4.78, 5) is 0. The molecule has 13 heavy (non-hydrogen) atoms. The van der Waals surface area contributed by atoms with E-state index < -0.39 is 10.1 Å². The van der Waals surface area contributed by atoms with Gasteiger partial charge in [0.2, 0.25) is 0 Å². The van der Waals surface area contributed by atoms with E-state index in [-0.39, 0.29) is 0 Å². The first-order chi connectivity index (χ1) is 5.88. The maximum Gasteiger partial charge on any atom is 0.306 e. The number of hydrogen-bond acceptors (Lipinski definition) is 3. The van der Waals surface area contributed by atoms with E-state index in [9.17, 15) is 8.42 Å². The molecule has 0 aliphatic carbocycles. The zero-order valence-electron chi connectivity index (χ0n) is 7.87. The normalized spacial score (nSPS) is 11.3. The molecule has 1 aromatic rings. The van der Waals surface area contributed by atoms with Crippen molar-refractivity contribution in [3.05, 3.63) is 29.3 Å². The Morgan fingerprint density at radius 3 is 2.23 bits per heavy atom. The molecule has 4 heteroatoms. The third-order valence-corrected chi connectivity index (χ3v) is 2.22. The lowest BCUT2D eigenvalue weighted by molar-refractivity contribution is 0.493. The van der Waals surface area contributed by atoms with E-state index in [0.717, 1.165) is 17.4 Å². The molecule has 0 amide bonds. The van der Waals surface area contributed by atoms with Crippen molar-refractivity contribution in [3.63, 3.8) is 0 Å². The van der Waals surface area contributed by atoms with Crippen molar-refractivity contribution < 1.29 is 12.6 Å². The molecule has 0 saturated heterocycles. The summed E-state index contributed by atoms with van der Waals surface area (Å²) in [7, 11) is -3.41. The number of hydrogen-bond donors (Lipinski definition) is 0. The highest BCUT2D eigenvalue weighted by Crippen LogP contribution is 2.17. The van der Waals surface area contributed by atoms with Gasteiger partial charge in [0.1, 0.15) is 5.75 Å². The van der Waals surface area contributed by atoms with Crippen LogP contribution in [0.15, 0.2) is 18.2 Å². The number of rotatable bonds is 2. The lowest BCUT2D eigenvalue weighted by Crippen LogP contribution is -2.05. The minimum Gasteiger partial charge on any atom is -0.383 e. The second kappa shape index (κ2) is 3.38. The Morgan fingerprint density at radius 1 is 1.15 bits per heavy atom. The van der Waals surface area contributed by atoms with Crippen LogP contribution in [-0.2, 0) is 10.1 Å². The maximum absolute atomic E-state index is 10.8. The monoisotopic (exact) mass is 200 g/mol. The molecular weight excluding hydrogens is 188 g/mol. The minimum atomic E-state index is -3.41. The highest BCUT2D eigenvalue weighted by molar-refractivity contribution is 7.86. The predicted octanol–water partition coefficient (Wildman–Crippen LogP) is 1.64. The molecule has 0 aliphatic heterocycles. The van der Waals surface area contributed by atoms with Gasteiger partial charge >= 0.3 is 10.1 Å². The Bertz CT molecular complexity index is 407. The topological polar surface area (TPSA) is 43.4 Å². The summed E-state index contributed by atoms with van der Waals surface area (Å²) in [5.41, 5.74) is 2.13. The fourth-order valence-corrected chi connectivity index (χ4v) is 1.39. The van der Waals surface area contributed by atoms with Crippen LogP contribution in [-0.4, -0.2) is 14.7 Å². The number of aryl methyl sites for hydroxylation is 2. The summed E-state index contributed by atoms with van der Waals surface area (Å²) in [6.45, 7) is 3.87. The van der Waals surface area contributed by atoms with Gasteiger partial charge in [0.15, 0.2) is 0 Å². The Morgan fingerprint density at radius 2 is 1.77 bits per heavy atom. The molecule has 1 rings (SSSR count). The van der Waals surface area contributed by atoms with Crippen LogP contribution in [0.5, 0.6) is 5.75 Å². The van der Waals surface area contributed by atoms with Gasteiger partial charge in [0, 0.05) is 0 Å². The summed E-state index contributed by atoms with van der Waals surface area (Å²) in [6, 6.07) is 5.18. The summed E-state index contributed by atoms with van der Waals surface area (Å²) in [5, 5.41) is 0. The van der Waals surface area contributed by atoms with Crippen molar-refractivity contribution in [2.24, 2.45) is 0 Å². The molecule has 0 heterocycles. The van der Waals surface area contributed by atoms with Crippen LogP contribution in [0.25, 0.3) is 0 Å². The van der Waals surface area contributed by atoms with E-state index >= 15 is 0 Å². The predicted molar refractivity (Wildman–Crippen MR) is 51.4 cm³/mol. The molecule has 0 radical (unpaired) electrons. The van der Waals surface area contributed by atoms with E-state index in [1.54, 1.807) is 12.1 Å². The SMILES string of the molecule is Cc1ccc(OS(C)(=O)=O)cc1C. The van der Waals surface area contributed by atoms with E-state index in [4.69, 9.17) is 4.18 Å². The first kappa shape index (κ1) is 10.1. The van der Waals surface area contributed by atoms with Gasteiger partial charge < -0.3 is 4.18 Å². The fourth-order valence-electron chi connectivity index (χ4n) is 0.941. The van der Waals surface area contributed by atoms with Gasteiger partial charge in [-0.1, -0.05) is 6.07 Å². The molecule has 0 aliphatic rings. The van der Waals surface area contributed by atoms with E-state index in [0.29, 0.717) is 5.75 Å². The standard InChI is InChI=1S/C9H12O3S/c1-7-4-5-9(6-8(7)2)12-13(3,10)11/h4-6H,1-3H3. The lowest BCUT2D eigenvalue weighted by Gasteiger charge is -2.04. The van der Waals surface area contributed by atoms with Crippen molar-refractivity contribution in [2.45, 2.75) is 13.8 Å². The molecule has 3 nitrogen and oxygen atoms in total. The van der Waals surface area contributed by atoms with Gasteiger partial charge in [0.25, 0.3) is 0 Å². The van der Waals surface area contributed by atoms with Crippen LogP contribution in [0.2, 0.25) is 0 Å². The highest BCUT2D eigenvalue weighted by atomic mass is 32.2. The summed E-state index contributed by atoms with van der Waals surface area (Å²) >= 11 is 0. The van der Waals surface area contributed by atoms with Crippen LogP contribution in [0, 0.1) is 13.8 Å². The molecule has 0 bridgehead atoms. The Labute approximate surface area is 78.5 Å². The van der Waals surface area contributed by atoms with E-state index in [1.165, 1.54) is 0 Å². The molecule has 0 spiro atoms. The van der Waals surface area contributed by atoms with Crippen molar-refractivity contribution >= 4 is 10.1 Å². The van der Waals surface area contributed by atoms with Gasteiger partial charge in [-0.05, 0) is 37.1 Å². The van der Waals surface area contributed by atoms with Gasteiger partial charge in [-0.3, -0.25) is 0 Å². The first-order valence-electron chi connectivity index (χ1n) is 3.85. The van der Waals surface area contributed by atoms with Gasteiger partial charge in [-0.25, -0.2) is 0 Å². The van der Waals surface area contributed by atoms with Crippen LogP contribution in [0.3, 0.4) is 0 Å². The fraction of sp³-hybridized carbons (Fsp3) is 0.333. The first-order valence-corrected chi connectivity index (χ1v) is 5.67. The van der Waals surface area contributed by atoms with Crippen LogP contribution >= 0.6 is 0 Å². The third-order valence-electron chi connectivity index (χ3n) is 1.73. The smallest absolute Gasteiger partial charge is 0.306 e. The summed E-state index contributed by atoms with van der Waals surface area (Å²) in [5.74, 6) is 0.366. The molecule has 0 saturated carbocycles. The van der Waals surface area contributed by atoms with Crippen molar-refractivity contribution in [2.75, 3.05) is 6.26 Å². The van der Waals surface area contributed by atoms with Crippen molar-refractivity contribution in [3.8, 4) is 5.75 Å². The second-order valence-corrected chi connectivity index (χ2v) is 4.61. The zero-order valence-corrected chi connectivity index (χ0v) is 8.68. The summed E-state index contributed by atoms with van der Waals surface area (Å²) < 4.78 is 26.3. The van der Waals surface area contributed by atoms with Crippen molar-refractivity contribution in [1.29, 1.82) is 0 Å². The highest BCUT2D eigenvalue weighted by Gasteiger charge is 2.04. The molecule has 0 unspecified atom stereocenters. The van der Waals surface area contributed by atoms with Gasteiger partial charge in [0.05, 0.1) is 6.26 Å². The molecule has 0 atom stereocenters. The third kappa shape index (κ3) is 3.06. The van der Waals surface area contributed by atoms with Gasteiger partial charge in [-0.15, -0.1) is 0 Å². The quantitative estimate of drug-likeness (QED) is 0.682. The Hall–Kier alpha value is -1.03. The molecule has 0 aromatic heterocycles. The molecule has 72 valence electrons. The van der Waals surface area contributed by atoms with E-state index in [1.807, 2.05) is 19.9 Å². The van der Waals surface area contributed by atoms with E-state index in [2.05, 4.69) is 0 Å². The average Bonchev–Trinajstić information content (AvgIpc) is 1.94. The molecule has 0 fully saturated rings. The van der Waals surface area contributed by atoms with Crippen LogP contribution < -0.4 is 4.18 Å². The van der Waals surface area contributed by atoms with Crippen LogP contribution in [0.1, 0.15) is 11.1 Å². The maximum atomic E-state index is 10.8. The average molecular weight is 200 g/mol. The lowest BCUT2D eigenvalue weighted by atomic mass is 10.1.